The summed E-state index contributed by atoms with van der Waals surface area (Å²) < 4.78 is 10.8. The summed E-state index contributed by atoms with van der Waals surface area (Å²) in [5.41, 5.74) is 2.24. The molecule has 2 N–H and O–H groups in total. The highest BCUT2D eigenvalue weighted by atomic mass is 16.5. The first-order valence-corrected chi connectivity index (χ1v) is 6.90. The third kappa shape index (κ3) is 3.61. The van der Waals surface area contributed by atoms with E-state index in [1.807, 2.05) is 13.0 Å². The lowest BCUT2D eigenvalue weighted by Crippen LogP contribution is -2.33. The van der Waals surface area contributed by atoms with Crippen molar-refractivity contribution in [3.63, 3.8) is 0 Å². The second-order valence-electron chi connectivity index (χ2n) is 5.06. The summed E-state index contributed by atoms with van der Waals surface area (Å²) in [5, 5.41) is 6.98. The van der Waals surface area contributed by atoms with Crippen molar-refractivity contribution in [3.05, 3.63) is 23.3 Å². The minimum absolute atomic E-state index is 0.610. The fourth-order valence-electron chi connectivity index (χ4n) is 2.56. The van der Waals surface area contributed by atoms with Crippen LogP contribution in [-0.2, 0) is 6.54 Å². The van der Waals surface area contributed by atoms with Crippen molar-refractivity contribution >= 4 is 0 Å². The van der Waals surface area contributed by atoms with E-state index in [1.54, 1.807) is 14.2 Å². The lowest BCUT2D eigenvalue weighted by atomic mass is 10.1. The van der Waals surface area contributed by atoms with Crippen molar-refractivity contribution in [2.75, 3.05) is 27.3 Å². The average Bonchev–Trinajstić information content (AvgIpc) is 2.93. The smallest absolute Gasteiger partial charge is 0.123 e. The molecule has 2 rings (SSSR count). The van der Waals surface area contributed by atoms with Crippen molar-refractivity contribution in [2.45, 2.75) is 32.4 Å². The van der Waals surface area contributed by atoms with Crippen molar-refractivity contribution in [1.82, 2.24) is 10.6 Å². The van der Waals surface area contributed by atoms with E-state index in [2.05, 4.69) is 16.7 Å². The molecule has 0 aromatic heterocycles. The van der Waals surface area contributed by atoms with Gasteiger partial charge in [-0.3, -0.25) is 0 Å². The number of hydrogen-bond acceptors (Lipinski definition) is 4. The minimum atomic E-state index is 0.610. The molecule has 0 amide bonds. The topological polar surface area (TPSA) is 42.5 Å². The molecule has 1 aliphatic rings. The largest absolute Gasteiger partial charge is 0.496 e. The van der Waals surface area contributed by atoms with Crippen LogP contribution in [0.5, 0.6) is 11.5 Å². The second-order valence-corrected chi connectivity index (χ2v) is 5.06. The summed E-state index contributed by atoms with van der Waals surface area (Å²) in [6.07, 6.45) is 2.55. The predicted octanol–water partition coefficient (Wildman–Crippen LogP) is 1.85. The maximum absolute atomic E-state index is 5.44. The van der Waals surface area contributed by atoms with E-state index in [-0.39, 0.29) is 0 Å². The fraction of sp³-hybridized carbons (Fsp3) is 0.600. The molecule has 1 aromatic carbocycles. The number of nitrogens with one attached hydrogen (secondary N) is 2. The molecule has 0 aliphatic carbocycles. The Morgan fingerprint density at radius 3 is 2.68 bits per heavy atom. The SMILES string of the molecule is COc1cc(CNCC2CCCN2)c(OC)cc1C. The van der Waals surface area contributed by atoms with Crippen LogP contribution in [0.1, 0.15) is 24.0 Å². The molecule has 0 saturated carbocycles. The Labute approximate surface area is 115 Å². The van der Waals surface area contributed by atoms with Crippen molar-refractivity contribution < 1.29 is 9.47 Å². The van der Waals surface area contributed by atoms with Crippen LogP contribution in [-0.4, -0.2) is 33.4 Å². The molecule has 106 valence electrons. The van der Waals surface area contributed by atoms with Gasteiger partial charge in [0.1, 0.15) is 11.5 Å². The van der Waals surface area contributed by atoms with E-state index in [1.165, 1.54) is 12.8 Å². The fourth-order valence-corrected chi connectivity index (χ4v) is 2.56. The van der Waals surface area contributed by atoms with E-state index in [0.717, 1.165) is 42.3 Å². The molecule has 1 atom stereocenters. The van der Waals surface area contributed by atoms with E-state index in [9.17, 15) is 0 Å². The van der Waals surface area contributed by atoms with Gasteiger partial charge in [0, 0.05) is 24.7 Å². The highest BCUT2D eigenvalue weighted by molar-refractivity contribution is 5.45. The van der Waals surface area contributed by atoms with Crippen LogP contribution in [0.25, 0.3) is 0 Å². The lowest BCUT2D eigenvalue weighted by Gasteiger charge is -2.15. The first kappa shape index (κ1) is 14.2. The van der Waals surface area contributed by atoms with Crippen LogP contribution < -0.4 is 20.1 Å². The Morgan fingerprint density at radius 2 is 2.05 bits per heavy atom. The third-order valence-electron chi connectivity index (χ3n) is 3.67. The Bertz CT molecular complexity index is 415. The molecule has 1 heterocycles. The van der Waals surface area contributed by atoms with Crippen LogP contribution in [0.15, 0.2) is 12.1 Å². The minimum Gasteiger partial charge on any atom is -0.496 e. The number of aryl methyl sites for hydroxylation is 1. The van der Waals surface area contributed by atoms with Gasteiger partial charge in [0.2, 0.25) is 0 Å². The van der Waals surface area contributed by atoms with Crippen LogP contribution >= 0.6 is 0 Å². The third-order valence-corrected chi connectivity index (χ3v) is 3.67. The maximum atomic E-state index is 5.44. The van der Waals surface area contributed by atoms with Crippen molar-refractivity contribution in [3.8, 4) is 11.5 Å². The first-order chi connectivity index (χ1) is 9.24. The van der Waals surface area contributed by atoms with Gasteiger partial charge in [-0.15, -0.1) is 0 Å². The second kappa shape index (κ2) is 6.78. The van der Waals surface area contributed by atoms with Crippen molar-refractivity contribution in [2.24, 2.45) is 0 Å². The molecule has 1 unspecified atom stereocenters. The first-order valence-electron chi connectivity index (χ1n) is 6.90. The van der Waals surface area contributed by atoms with Crippen LogP contribution in [0.4, 0.5) is 0 Å². The Hall–Kier alpha value is -1.26. The molecule has 1 saturated heterocycles. The lowest BCUT2D eigenvalue weighted by molar-refractivity contribution is 0.394. The van der Waals surface area contributed by atoms with Gasteiger partial charge in [-0.05, 0) is 44.0 Å². The highest BCUT2D eigenvalue weighted by Crippen LogP contribution is 2.28. The van der Waals surface area contributed by atoms with Gasteiger partial charge in [-0.25, -0.2) is 0 Å². The van der Waals surface area contributed by atoms with Gasteiger partial charge in [0.25, 0.3) is 0 Å². The predicted molar refractivity (Wildman–Crippen MR) is 77.0 cm³/mol. The van der Waals surface area contributed by atoms with Gasteiger partial charge >= 0.3 is 0 Å². The number of rotatable bonds is 6. The maximum Gasteiger partial charge on any atom is 0.123 e. The summed E-state index contributed by atoms with van der Waals surface area (Å²) >= 11 is 0. The van der Waals surface area contributed by atoms with Crippen LogP contribution in [0.2, 0.25) is 0 Å². The quantitative estimate of drug-likeness (QED) is 0.823. The van der Waals surface area contributed by atoms with Gasteiger partial charge < -0.3 is 20.1 Å². The van der Waals surface area contributed by atoms with Crippen LogP contribution in [0.3, 0.4) is 0 Å². The monoisotopic (exact) mass is 264 g/mol. The van der Waals surface area contributed by atoms with Gasteiger partial charge in [0.15, 0.2) is 0 Å². The zero-order valence-electron chi connectivity index (χ0n) is 12.1. The van der Waals surface area contributed by atoms with Crippen LogP contribution in [0, 0.1) is 6.92 Å². The summed E-state index contributed by atoms with van der Waals surface area (Å²) in [7, 11) is 3.41. The number of methoxy groups -OCH3 is 2. The molecule has 0 spiro atoms. The molecule has 1 fully saturated rings. The molecule has 0 bridgehead atoms. The Morgan fingerprint density at radius 1 is 1.26 bits per heavy atom. The molecule has 0 radical (unpaired) electrons. The van der Waals surface area contributed by atoms with E-state index in [0.29, 0.717) is 6.04 Å². The summed E-state index contributed by atoms with van der Waals surface area (Å²) in [6.45, 7) is 4.98. The average molecular weight is 264 g/mol. The van der Waals surface area contributed by atoms with Gasteiger partial charge in [0.05, 0.1) is 14.2 Å². The molecule has 4 nitrogen and oxygen atoms in total. The molecule has 4 heteroatoms. The summed E-state index contributed by atoms with van der Waals surface area (Å²) in [6, 6.07) is 4.70. The van der Waals surface area contributed by atoms with Gasteiger partial charge in [-0.1, -0.05) is 0 Å². The standard InChI is InChI=1S/C15H24N2O2/c1-11-7-15(19-3)12(8-14(11)18-2)9-16-10-13-5-4-6-17-13/h7-8,13,16-17H,4-6,9-10H2,1-3H3. The normalized spacial score (nSPS) is 18.6. The van der Waals surface area contributed by atoms with Gasteiger partial charge in [-0.2, -0.15) is 0 Å². The zero-order chi connectivity index (χ0) is 13.7. The molecule has 19 heavy (non-hydrogen) atoms. The molecule has 1 aromatic rings. The Balaban J connectivity index is 1.97. The molecule has 1 aliphatic heterocycles. The van der Waals surface area contributed by atoms with E-state index >= 15 is 0 Å². The number of hydrogen-bond donors (Lipinski definition) is 2. The van der Waals surface area contributed by atoms with E-state index < -0.39 is 0 Å². The number of ether oxygens (including phenoxy) is 2. The molecular weight excluding hydrogens is 240 g/mol. The highest BCUT2D eigenvalue weighted by Gasteiger charge is 2.14. The number of benzene rings is 1. The summed E-state index contributed by atoms with van der Waals surface area (Å²) in [4.78, 5) is 0. The Kier molecular flexibility index (Phi) is 5.05. The summed E-state index contributed by atoms with van der Waals surface area (Å²) in [5.74, 6) is 1.83. The zero-order valence-corrected chi connectivity index (χ0v) is 12.1. The molecular formula is C15H24N2O2. The van der Waals surface area contributed by atoms with E-state index in [4.69, 9.17) is 9.47 Å². The van der Waals surface area contributed by atoms with Crippen molar-refractivity contribution in [1.29, 1.82) is 0 Å².